The Morgan fingerprint density at radius 2 is 1.67 bits per heavy atom. The van der Waals surface area contributed by atoms with E-state index in [1.807, 2.05) is 0 Å². The van der Waals surface area contributed by atoms with Crippen LogP contribution in [0.5, 0.6) is 0 Å². The van der Waals surface area contributed by atoms with Crippen molar-refractivity contribution < 1.29 is 9.47 Å². The molecule has 0 bridgehead atoms. The van der Waals surface area contributed by atoms with Gasteiger partial charge < -0.3 is 9.47 Å². The molecule has 15 heavy (non-hydrogen) atoms. The SMILES string of the molecule is CCC1O[C@@H](OC(C)C)[C@@H](C)C(C)[C@@H]1C. The first-order valence-electron chi connectivity index (χ1n) is 6.28. The highest BCUT2D eigenvalue weighted by molar-refractivity contribution is 4.82. The van der Waals surface area contributed by atoms with Gasteiger partial charge >= 0.3 is 0 Å². The predicted molar refractivity (Wildman–Crippen MR) is 62.7 cm³/mol. The molecule has 2 unspecified atom stereocenters. The van der Waals surface area contributed by atoms with Gasteiger partial charge in [0.1, 0.15) is 0 Å². The summed E-state index contributed by atoms with van der Waals surface area (Å²) in [6, 6.07) is 0. The Morgan fingerprint density at radius 3 is 2.13 bits per heavy atom. The molecular weight excluding hydrogens is 188 g/mol. The van der Waals surface area contributed by atoms with Crippen molar-refractivity contribution in [2.45, 2.75) is 66.5 Å². The van der Waals surface area contributed by atoms with E-state index in [0.29, 0.717) is 23.9 Å². The van der Waals surface area contributed by atoms with E-state index in [-0.39, 0.29) is 12.4 Å². The summed E-state index contributed by atoms with van der Waals surface area (Å²) >= 11 is 0. The normalized spacial score (nSPS) is 42.2. The van der Waals surface area contributed by atoms with Crippen molar-refractivity contribution in [3.63, 3.8) is 0 Å². The largest absolute Gasteiger partial charge is 0.350 e. The van der Waals surface area contributed by atoms with Crippen LogP contribution >= 0.6 is 0 Å². The van der Waals surface area contributed by atoms with Crippen LogP contribution in [0.25, 0.3) is 0 Å². The molecule has 0 aliphatic carbocycles. The van der Waals surface area contributed by atoms with E-state index >= 15 is 0 Å². The number of hydrogen-bond acceptors (Lipinski definition) is 2. The third-order valence-corrected chi connectivity index (χ3v) is 3.79. The van der Waals surface area contributed by atoms with Gasteiger partial charge in [-0.3, -0.25) is 0 Å². The van der Waals surface area contributed by atoms with Crippen molar-refractivity contribution in [1.29, 1.82) is 0 Å². The standard InChI is InChI=1S/C13H26O2/c1-7-12-10(5)9(4)11(6)13(15-12)14-8(2)3/h8-13H,7H2,1-6H3/t9?,10-,11-,12?,13+/m0/s1. The minimum absolute atomic E-state index is 0.0128. The summed E-state index contributed by atoms with van der Waals surface area (Å²) in [6.45, 7) is 13.2. The Morgan fingerprint density at radius 1 is 1.07 bits per heavy atom. The van der Waals surface area contributed by atoms with Gasteiger partial charge in [0.2, 0.25) is 0 Å². The summed E-state index contributed by atoms with van der Waals surface area (Å²) in [4.78, 5) is 0. The average molecular weight is 214 g/mol. The van der Waals surface area contributed by atoms with Crippen LogP contribution in [0, 0.1) is 17.8 Å². The quantitative estimate of drug-likeness (QED) is 0.716. The summed E-state index contributed by atoms with van der Waals surface area (Å²) in [7, 11) is 0. The maximum Gasteiger partial charge on any atom is 0.161 e. The van der Waals surface area contributed by atoms with Crippen LogP contribution in [0.4, 0.5) is 0 Å². The third kappa shape index (κ3) is 2.94. The molecule has 1 aliphatic heterocycles. The average Bonchev–Trinajstić information content (AvgIpc) is 2.18. The molecule has 0 aromatic rings. The fraction of sp³-hybridized carbons (Fsp3) is 1.00. The molecule has 0 spiro atoms. The highest BCUT2D eigenvalue weighted by atomic mass is 16.7. The molecule has 90 valence electrons. The van der Waals surface area contributed by atoms with Crippen LogP contribution < -0.4 is 0 Å². The van der Waals surface area contributed by atoms with Crippen molar-refractivity contribution >= 4 is 0 Å². The molecule has 1 rings (SSSR count). The summed E-state index contributed by atoms with van der Waals surface area (Å²) in [6.07, 6.45) is 1.67. The summed E-state index contributed by atoms with van der Waals surface area (Å²) in [5.74, 6) is 1.80. The van der Waals surface area contributed by atoms with Crippen LogP contribution in [0.2, 0.25) is 0 Å². The molecule has 2 nitrogen and oxygen atoms in total. The molecule has 0 aromatic heterocycles. The number of ether oxygens (including phenoxy) is 2. The van der Waals surface area contributed by atoms with Crippen LogP contribution in [-0.4, -0.2) is 18.5 Å². The maximum absolute atomic E-state index is 6.02. The van der Waals surface area contributed by atoms with E-state index in [9.17, 15) is 0 Å². The van der Waals surface area contributed by atoms with Crippen LogP contribution in [0.3, 0.4) is 0 Å². The van der Waals surface area contributed by atoms with E-state index in [1.165, 1.54) is 0 Å². The fourth-order valence-corrected chi connectivity index (χ4v) is 2.38. The van der Waals surface area contributed by atoms with Crippen molar-refractivity contribution in [3.8, 4) is 0 Å². The molecule has 2 heteroatoms. The maximum atomic E-state index is 6.02. The molecule has 0 saturated carbocycles. The summed E-state index contributed by atoms with van der Waals surface area (Å²) in [5.41, 5.74) is 0. The zero-order valence-electron chi connectivity index (χ0n) is 11.0. The monoisotopic (exact) mass is 214 g/mol. The molecule has 0 N–H and O–H groups in total. The second-order valence-corrected chi connectivity index (χ2v) is 5.21. The molecule has 0 radical (unpaired) electrons. The highest BCUT2D eigenvalue weighted by Crippen LogP contribution is 2.36. The van der Waals surface area contributed by atoms with Crippen molar-refractivity contribution in [2.75, 3.05) is 0 Å². The third-order valence-electron chi connectivity index (χ3n) is 3.79. The van der Waals surface area contributed by atoms with E-state index in [2.05, 4.69) is 41.5 Å². The summed E-state index contributed by atoms with van der Waals surface area (Å²) < 4.78 is 11.9. The minimum atomic E-state index is -0.0128. The van der Waals surface area contributed by atoms with Gasteiger partial charge in [-0.1, -0.05) is 27.7 Å². The van der Waals surface area contributed by atoms with Gasteiger partial charge in [0.05, 0.1) is 12.2 Å². The van der Waals surface area contributed by atoms with Gasteiger partial charge in [0.15, 0.2) is 6.29 Å². The highest BCUT2D eigenvalue weighted by Gasteiger charge is 2.38. The molecule has 0 amide bonds. The topological polar surface area (TPSA) is 18.5 Å². The lowest BCUT2D eigenvalue weighted by molar-refractivity contribution is -0.259. The first kappa shape index (κ1) is 13.0. The molecule has 1 fully saturated rings. The smallest absolute Gasteiger partial charge is 0.161 e. The molecular formula is C13H26O2. The van der Waals surface area contributed by atoms with Crippen LogP contribution in [-0.2, 0) is 9.47 Å². The molecule has 1 saturated heterocycles. The predicted octanol–water partition coefficient (Wildman–Crippen LogP) is 3.45. The lowest BCUT2D eigenvalue weighted by Gasteiger charge is -2.43. The minimum Gasteiger partial charge on any atom is -0.350 e. The Labute approximate surface area is 94.3 Å². The molecule has 1 aliphatic rings. The van der Waals surface area contributed by atoms with E-state index in [0.717, 1.165) is 6.42 Å². The second kappa shape index (κ2) is 5.31. The lowest BCUT2D eigenvalue weighted by Crippen LogP contribution is -2.46. The molecule has 1 heterocycles. The number of hydrogen-bond donors (Lipinski definition) is 0. The van der Waals surface area contributed by atoms with E-state index in [1.54, 1.807) is 0 Å². The first-order chi connectivity index (χ1) is 6.97. The van der Waals surface area contributed by atoms with Gasteiger partial charge in [-0.05, 0) is 32.1 Å². The van der Waals surface area contributed by atoms with E-state index in [4.69, 9.17) is 9.47 Å². The van der Waals surface area contributed by atoms with Gasteiger partial charge in [-0.15, -0.1) is 0 Å². The van der Waals surface area contributed by atoms with Gasteiger partial charge in [0.25, 0.3) is 0 Å². The number of rotatable bonds is 3. The van der Waals surface area contributed by atoms with Crippen LogP contribution in [0.1, 0.15) is 48.0 Å². The van der Waals surface area contributed by atoms with E-state index < -0.39 is 0 Å². The summed E-state index contributed by atoms with van der Waals surface area (Å²) in [5, 5.41) is 0. The fourth-order valence-electron chi connectivity index (χ4n) is 2.38. The second-order valence-electron chi connectivity index (χ2n) is 5.21. The van der Waals surface area contributed by atoms with Crippen LogP contribution in [0.15, 0.2) is 0 Å². The zero-order valence-corrected chi connectivity index (χ0v) is 11.0. The Balaban J connectivity index is 2.65. The Hall–Kier alpha value is -0.0800. The lowest BCUT2D eigenvalue weighted by atomic mass is 9.78. The zero-order chi connectivity index (χ0) is 11.6. The first-order valence-corrected chi connectivity index (χ1v) is 6.28. The van der Waals surface area contributed by atoms with Gasteiger partial charge in [-0.2, -0.15) is 0 Å². The Bertz CT molecular complexity index is 189. The van der Waals surface area contributed by atoms with Gasteiger partial charge in [-0.25, -0.2) is 0 Å². The molecule has 0 aromatic carbocycles. The van der Waals surface area contributed by atoms with Crippen molar-refractivity contribution in [2.24, 2.45) is 17.8 Å². The molecule has 5 atom stereocenters. The van der Waals surface area contributed by atoms with Crippen molar-refractivity contribution in [3.05, 3.63) is 0 Å². The van der Waals surface area contributed by atoms with Gasteiger partial charge in [0, 0.05) is 5.92 Å². The Kier molecular flexibility index (Phi) is 4.60. The van der Waals surface area contributed by atoms with Crippen molar-refractivity contribution in [1.82, 2.24) is 0 Å².